The Morgan fingerprint density at radius 2 is 1.59 bits per heavy atom. The Morgan fingerprint density at radius 1 is 0.941 bits per heavy atom. The van der Waals surface area contributed by atoms with Gasteiger partial charge in [-0.15, -0.1) is 0 Å². The molecule has 1 aromatic heterocycles. The van der Waals surface area contributed by atoms with Gasteiger partial charge in [0.25, 0.3) is 0 Å². The van der Waals surface area contributed by atoms with Gasteiger partial charge in [-0.25, -0.2) is 8.42 Å². The fourth-order valence-electron chi connectivity index (χ4n) is 3.54. The maximum absolute atomic E-state index is 13.3. The maximum atomic E-state index is 13.3. The van der Waals surface area contributed by atoms with Gasteiger partial charge in [-0.05, 0) is 53.6 Å². The van der Waals surface area contributed by atoms with Crippen LogP contribution in [0.2, 0.25) is 0 Å². The SMILES string of the molecule is CCC(=O)OC(c1cc2cc(-c3ccc(C(F)(F)F)cc3)ccc2[nH]1)S(=O)(=O)c1ccccc1. The predicted molar refractivity (Wildman–Crippen MR) is 121 cm³/mol. The summed E-state index contributed by atoms with van der Waals surface area (Å²) in [4.78, 5) is 15.1. The molecule has 0 radical (unpaired) electrons. The Labute approximate surface area is 194 Å². The first-order valence-corrected chi connectivity index (χ1v) is 11.9. The molecule has 1 unspecified atom stereocenters. The summed E-state index contributed by atoms with van der Waals surface area (Å²) in [6.07, 6.45) is -4.42. The summed E-state index contributed by atoms with van der Waals surface area (Å²) in [7, 11) is -4.07. The van der Waals surface area contributed by atoms with E-state index < -0.39 is 33.0 Å². The first kappa shape index (κ1) is 23.6. The number of aromatic nitrogens is 1. The van der Waals surface area contributed by atoms with Crippen molar-refractivity contribution >= 4 is 26.7 Å². The molecule has 3 aromatic carbocycles. The normalized spacial score (nSPS) is 13.1. The minimum atomic E-state index is -4.42. The van der Waals surface area contributed by atoms with Gasteiger partial charge in [-0.2, -0.15) is 13.2 Å². The summed E-state index contributed by atoms with van der Waals surface area (Å²) in [5, 5.41) is 0.619. The van der Waals surface area contributed by atoms with Crippen LogP contribution in [0.1, 0.15) is 30.0 Å². The summed E-state index contributed by atoms with van der Waals surface area (Å²) in [6.45, 7) is 1.57. The number of benzene rings is 3. The van der Waals surface area contributed by atoms with Crippen LogP contribution in [0, 0.1) is 0 Å². The van der Waals surface area contributed by atoms with Crippen molar-refractivity contribution in [3.63, 3.8) is 0 Å². The van der Waals surface area contributed by atoms with Gasteiger partial charge in [0.05, 0.1) is 16.2 Å². The number of alkyl halides is 3. The Morgan fingerprint density at radius 3 is 2.21 bits per heavy atom. The third-order valence-corrected chi connectivity index (χ3v) is 7.16. The average molecular weight is 487 g/mol. The molecule has 1 N–H and O–H groups in total. The van der Waals surface area contributed by atoms with Crippen LogP contribution < -0.4 is 0 Å². The molecule has 0 saturated carbocycles. The van der Waals surface area contributed by atoms with Crippen molar-refractivity contribution in [2.75, 3.05) is 0 Å². The number of fused-ring (bicyclic) bond motifs is 1. The third-order valence-electron chi connectivity index (χ3n) is 5.32. The number of carbonyl (C=O) groups excluding carboxylic acids is 1. The van der Waals surface area contributed by atoms with Gasteiger partial charge in [0, 0.05) is 17.3 Å². The lowest BCUT2D eigenvalue weighted by Crippen LogP contribution is -2.20. The molecule has 34 heavy (non-hydrogen) atoms. The topological polar surface area (TPSA) is 76.2 Å². The molecule has 0 bridgehead atoms. The van der Waals surface area contributed by atoms with Crippen LogP contribution in [0.4, 0.5) is 13.2 Å². The van der Waals surface area contributed by atoms with Crippen LogP contribution in [0.3, 0.4) is 0 Å². The molecule has 4 rings (SSSR count). The van der Waals surface area contributed by atoms with Crippen molar-refractivity contribution in [3.05, 3.63) is 90.1 Å². The second kappa shape index (κ2) is 8.98. The number of carbonyl (C=O) groups is 1. The molecule has 9 heteroatoms. The molecule has 176 valence electrons. The van der Waals surface area contributed by atoms with E-state index >= 15 is 0 Å². The van der Waals surface area contributed by atoms with E-state index in [1.165, 1.54) is 24.3 Å². The molecule has 0 aliphatic rings. The van der Waals surface area contributed by atoms with E-state index in [0.29, 0.717) is 22.0 Å². The summed E-state index contributed by atoms with van der Waals surface area (Å²) in [5.41, 5.74) is -0.336. The number of nitrogens with one attached hydrogen (secondary N) is 1. The smallest absolute Gasteiger partial charge is 0.416 e. The number of aromatic amines is 1. The Bertz CT molecular complexity index is 1430. The monoisotopic (exact) mass is 487 g/mol. The van der Waals surface area contributed by atoms with E-state index in [2.05, 4.69) is 4.98 Å². The van der Waals surface area contributed by atoms with Crippen LogP contribution in [-0.2, 0) is 25.5 Å². The van der Waals surface area contributed by atoms with Crippen molar-refractivity contribution in [1.29, 1.82) is 0 Å². The third kappa shape index (κ3) is 4.70. The van der Waals surface area contributed by atoms with E-state index in [0.717, 1.165) is 12.1 Å². The van der Waals surface area contributed by atoms with Crippen molar-refractivity contribution in [2.24, 2.45) is 0 Å². The molecule has 1 atom stereocenters. The minimum Gasteiger partial charge on any atom is -0.439 e. The van der Waals surface area contributed by atoms with E-state index in [1.54, 1.807) is 49.4 Å². The Kier molecular flexibility index (Phi) is 6.22. The van der Waals surface area contributed by atoms with Crippen molar-refractivity contribution in [3.8, 4) is 11.1 Å². The van der Waals surface area contributed by atoms with Gasteiger partial charge in [0.1, 0.15) is 0 Å². The molecule has 0 amide bonds. The quantitative estimate of drug-likeness (QED) is 0.325. The zero-order valence-electron chi connectivity index (χ0n) is 18.0. The number of sulfone groups is 1. The van der Waals surface area contributed by atoms with Crippen molar-refractivity contribution < 1.29 is 31.1 Å². The van der Waals surface area contributed by atoms with E-state index in [4.69, 9.17) is 4.74 Å². The zero-order chi connectivity index (χ0) is 24.5. The van der Waals surface area contributed by atoms with E-state index in [1.807, 2.05) is 0 Å². The van der Waals surface area contributed by atoms with Crippen molar-refractivity contribution in [2.45, 2.75) is 29.9 Å². The summed E-state index contributed by atoms with van der Waals surface area (Å²) < 4.78 is 70.4. The molecular formula is C25H20F3NO4S. The lowest BCUT2D eigenvalue weighted by Gasteiger charge is -2.17. The van der Waals surface area contributed by atoms with Gasteiger partial charge < -0.3 is 9.72 Å². The van der Waals surface area contributed by atoms with Gasteiger partial charge >= 0.3 is 12.1 Å². The first-order valence-electron chi connectivity index (χ1n) is 10.4. The van der Waals surface area contributed by atoms with Crippen LogP contribution in [0.5, 0.6) is 0 Å². The van der Waals surface area contributed by atoms with Crippen LogP contribution in [-0.4, -0.2) is 19.4 Å². The van der Waals surface area contributed by atoms with Gasteiger partial charge in [-0.1, -0.05) is 43.3 Å². The number of halogens is 3. The van der Waals surface area contributed by atoms with Gasteiger partial charge in [-0.3, -0.25) is 4.79 Å². The molecule has 0 spiro atoms. The second-order valence-corrected chi connectivity index (χ2v) is 9.62. The van der Waals surface area contributed by atoms with Crippen molar-refractivity contribution in [1.82, 2.24) is 4.98 Å². The molecule has 0 aliphatic carbocycles. The number of ether oxygens (including phenoxy) is 1. The van der Waals surface area contributed by atoms with E-state index in [9.17, 15) is 26.4 Å². The number of esters is 1. The lowest BCUT2D eigenvalue weighted by molar-refractivity contribution is -0.145. The Hall–Kier alpha value is -3.59. The molecular weight excluding hydrogens is 467 g/mol. The highest BCUT2D eigenvalue weighted by Crippen LogP contribution is 2.34. The van der Waals surface area contributed by atoms with Crippen LogP contribution in [0.25, 0.3) is 22.0 Å². The highest BCUT2D eigenvalue weighted by molar-refractivity contribution is 7.91. The zero-order valence-corrected chi connectivity index (χ0v) is 18.8. The fourth-order valence-corrected chi connectivity index (χ4v) is 5.02. The first-order chi connectivity index (χ1) is 16.1. The molecule has 4 aromatic rings. The number of hydrogen-bond acceptors (Lipinski definition) is 4. The van der Waals surface area contributed by atoms with E-state index in [-0.39, 0.29) is 17.0 Å². The maximum Gasteiger partial charge on any atom is 0.416 e. The lowest BCUT2D eigenvalue weighted by atomic mass is 10.0. The molecule has 0 fully saturated rings. The molecule has 5 nitrogen and oxygen atoms in total. The van der Waals surface area contributed by atoms with Crippen LogP contribution in [0.15, 0.2) is 83.8 Å². The van der Waals surface area contributed by atoms with Crippen LogP contribution >= 0.6 is 0 Å². The standard InChI is InChI=1S/C25H20F3NO4S/c1-2-23(30)33-24(34(31,32)20-6-4-3-5-7-20)22-15-18-14-17(10-13-21(18)29-22)16-8-11-19(12-9-16)25(26,27)28/h3-15,24,29H,2H2,1H3. The van der Waals surface area contributed by atoms with Gasteiger partial charge in [0.15, 0.2) is 0 Å². The molecule has 0 saturated heterocycles. The summed E-state index contributed by atoms with van der Waals surface area (Å²) >= 11 is 0. The minimum absolute atomic E-state index is 0.000886. The number of H-pyrrole nitrogens is 1. The highest BCUT2D eigenvalue weighted by Gasteiger charge is 2.34. The summed E-state index contributed by atoms with van der Waals surface area (Å²) in [6, 6.07) is 19.2. The highest BCUT2D eigenvalue weighted by atomic mass is 32.2. The second-order valence-electron chi connectivity index (χ2n) is 7.64. The molecule has 0 aliphatic heterocycles. The van der Waals surface area contributed by atoms with Gasteiger partial charge in [0.2, 0.25) is 15.3 Å². The number of hydrogen-bond donors (Lipinski definition) is 1. The average Bonchev–Trinajstić information content (AvgIpc) is 3.25. The fraction of sp³-hybridized carbons (Fsp3) is 0.160. The molecule has 1 heterocycles. The largest absolute Gasteiger partial charge is 0.439 e. The predicted octanol–water partition coefficient (Wildman–Crippen LogP) is 6.28. The summed E-state index contributed by atoms with van der Waals surface area (Å²) in [5.74, 6) is -0.673. The number of rotatable bonds is 6. The Balaban J connectivity index is 1.74.